The van der Waals surface area contributed by atoms with Gasteiger partial charge in [0.1, 0.15) is 6.10 Å². The Bertz CT molecular complexity index is 688. The van der Waals surface area contributed by atoms with Crippen molar-refractivity contribution in [3.05, 3.63) is 46.0 Å². The van der Waals surface area contributed by atoms with Crippen molar-refractivity contribution >= 4 is 5.97 Å². The van der Waals surface area contributed by atoms with E-state index < -0.39 is 23.0 Å². The van der Waals surface area contributed by atoms with Gasteiger partial charge in [0.2, 0.25) is 12.1 Å². The van der Waals surface area contributed by atoms with Gasteiger partial charge in [-0.15, -0.1) is 0 Å². The Kier molecular flexibility index (Phi) is 7.80. The molecule has 1 aliphatic rings. The van der Waals surface area contributed by atoms with E-state index in [9.17, 15) is 20.0 Å². The zero-order chi connectivity index (χ0) is 21.8. The van der Waals surface area contributed by atoms with Gasteiger partial charge in [-0.05, 0) is 35.7 Å². The molecule has 1 aliphatic carbocycles. The average Bonchev–Trinajstić information content (AvgIpc) is 2.65. The molecule has 1 saturated carbocycles. The van der Waals surface area contributed by atoms with Crippen LogP contribution in [0.2, 0.25) is 0 Å². The van der Waals surface area contributed by atoms with E-state index in [0.29, 0.717) is 12.3 Å². The quantitative estimate of drug-likeness (QED) is 0.394. The lowest BCUT2D eigenvalue weighted by Crippen LogP contribution is -2.47. The molecule has 0 aromatic heterocycles. The van der Waals surface area contributed by atoms with Crippen LogP contribution in [0.15, 0.2) is 30.3 Å². The number of aliphatic hydroxyl groups is 1. The number of ether oxygens (including phenoxy) is 1. The van der Waals surface area contributed by atoms with Gasteiger partial charge >= 0.3 is 5.97 Å². The maximum absolute atomic E-state index is 12.7. The summed E-state index contributed by atoms with van der Waals surface area (Å²) in [6.45, 7) is 10.1. The molecule has 5 atom stereocenters. The van der Waals surface area contributed by atoms with E-state index >= 15 is 0 Å². The minimum absolute atomic E-state index is 0.00712. The zero-order valence-corrected chi connectivity index (χ0v) is 18.2. The van der Waals surface area contributed by atoms with Crippen LogP contribution < -0.4 is 0 Å². The molecule has 6 nitrogen and oxygen atoms in total. The fraction of sp³-hybridized carbons (Fsp3) is 0.696. The Morgan fingerprint density at radius 1 is 1.28 bits per heavy atom. The van der Waals surface area contributed by atoms with E-state index in [4.69, 9.17) is 4.74 Å². The van der Waals surface area contributed by atoms with Crippen molar-refractivity contribution in [1.82, 2.24) is 0 Å². The lowest BCUT2D eigenvalue weighted by Gasteiger charge is -2.44. The van der Waals surface area contributed by atoms with Crippen molar-refractivity contribution in [1.29, 1.82) is 0 Å². The van der Waals surface area contributed by atoms with Gasteiger partial charge in [-0.1, -0.05) is 71.4 Å². The minimum Gasteiger partial charge on any atom is -0.460 e. The Balaban J connectivity index is 2.20. The number of nitrogens with zero attached hydrogens (tertiary/aromatic N) is 1. The van der Waals surface area contributed by atoms with Crippen LogP contribution in [0, 0.1) is 27.9 Å². The third-order valence-electron chi connectivity index (χ3n) is 6.36. The van der Waals surface area contributed by atoms with Crippen LogP contribution in [0.4, 0.5) is 0 Å². The maximum atomic E-state index is 12.7. The molecule has 0 heterocycles. The molecule has 0 bridgehead atoms. The number of carbonyl (C=O) groups is 1. The molecule has 0 aliphatic heterocycles. The molecule has 6 heteroatoms. The second-order valence-corrected chi connectivity index (χ2v) is 9.51. The number of esters is 1. The van der Waals surface area contributed by atoms with Gasteiger partial charge in [-0.25, -0.2) is 4.79 Å². The highest BCUT2D eigenvalue weighted by Crippen LogP contribution is 2.43. The first-order valence-corrected chi connectivity index (χ1v) is 10.6. The van der Waals surface area contributed by atoms with Crippen molar-refractivity contribution < 1.29 is 19.6 Å². The van der Waals surface area contributed by atoms with Crippen LogP contribution in [-0.4, -0.2) is 34.2 Å². The van der Waals surface area contributed by atoms with Crippen LogP contribution in [0.3, 0.4) is 0 Å². The number of rotatable bonds is 8. The van der Waals surface area contributed by atoms with Crippen molar-refractivity contribution in [2.45, 2.75) is 84.0 Å². The molecule has 162 valence electrons. The molecule has 2 rings (SSSR count). The lowest BCUT2D eigenvalue weighted by atomic mass is 9.64. The summed E-state index contributed by atoms with van der Waals surface area (Å²) in [6, 6.07) is 8.79. The molecule has 1 aromatic carbocycles. The largest absolute Gasteiger partial charge is 0.460 e. The maximum Gasteiger partial charge on any atom is 0.342 e. The Hall–Kier alpha value is -1.95. The summed E-state index contributed by atoms with van der Waals surface area (Å²) in [5.41, 5.74) is 0.946. The summed E-state index contributed by atoms with van der Waals surface area (Å²) < 4.78 is 5.76. The van der Waals surface area contributed by atoms with Crippen molar-refractivity contribution in [3.63, 3.8) is 0 Å². The third kappa shape index (κ3) is 5.78. The van der Waals surface area contributed by atoms with Gasteiger partial charge in [0.25, 0.3) is 0 Å². The first-order chi connectivity index (χ1) is 13.5. The number of hydrogen-bond acceptors (Lipinski definition) is 5. The minimum atomic E-state index is -1.75. The zero-order valence-electron chi connectivity index (χ0n) is 18.2. The van der Waals surface area contributed by atoms with E-state index in [1.54, 1.807) is 0 Å². The molecule has 1 N–H and O–H groups in total. The summed E-state index contributed by atoms with van der Waals surface area (Å²) in [5.74, 6) is -0.404. The van der Waals surface area contributed by atoms with Gasteiger partial charge in [0.05, 0.1) is 0 Å². The number of benzene rings is 1. The van der Waals surface area contributed by atoms with Crippen LogP contribution in [0.5, 0.6) is 0 Å². The number of aliphatic hydroxyl groups excluding tert-OH is 1. The number of carbonyl (C=O) groups excluding carboxylic acids is 1. The molecule has 29 heavy (non-hydrogen) atoms. The summed E-state index contributed by atoms with van der Waals surface area (Å²) in [4.78, 5) is 23.5. The summed E-state index contributed by atoms with van der Waals surface area (Å²) in [6.07, 6.45) is 0.660. The fourth-order valence-electron chi connectivity index (χ4n) is 4.56. The molecule has 0 radical (unpaired) electrons. The Morgan fingerprint density at radius 3 is 2.45 bits per heavy atom. The van der Waals surface area contributed by atoms with Crippen LogP contribution in [0.1, 0.15) is 65.9 Å². The van der Waals surface area contributed by atoms with Crippen molar-refractivity contribution in [2.75, 3.05) is 0 Å². The molecule has 0 amide bonds. The fourth-order valence-corrected chi connectivity index (χ4v) is 4.56. The second kappa shape index (κ2) is 9.70. The lowest BCUT2D eigenvalue weighted by molar-refractivity contribution is -0.533. The molecular weight excluding hydrogens is 370 g/mol. The monoisotopic (exact) mass is 405 g/mol. The first kappa shape index (κ1) is 23.3. The SMILES string of the molecule is CC(C)C[C@H]([C@H](O)C(=O)O[C@@H]1C[C@H](C)CC[C@H]1C(C)(C)c1ccccc1)[N+](=O)[O-]. The van der Waals surface area contributed by atoms with Gasteiger partial charge in [-0.2, -0.15) is 0 Å². The van der Waals surface area contributed by atoms with E-state index in [1.807, 2.05) is 32.0 Å². The molecule has 1 aromatic rings. The average molecular weight is 406 g/mol. The third-order valence-corrected chi connectivity index (χ3v) is 6.36. The number of nitro groups is 1. The summed E-state index contributed by atoms with van der Waals surface area (Å²) in [5, 5.41) is 21.8. The molecule has 0 unspecified atom stereocenters. The number of hydrogen-bond donors (Lipinski definition) is 1. The predicted molar refractivity (Wildman–Crippen MR) is 112 cm³/mol. The van der Waals surface area contributed by atoms with Crippen LogP contribution >= 0.6 is 0 Å². The Labute approximate surface area is 173 Å². The predicted octanol–water partition coefficient (Wildman–Crippen LogP) is 4.36. The van der Waals surface area contributed by atoms with E-state index in [-0.39, 0.29) is 29.8 Å². The van der Waals surface area contributed by atoms with Crippen LogP contribution in [0.25, 0.3) is 0 Å². The van der Waals surface area contributed by atoms with Crippen molar-refractivity contribution in [2.24, 2.45) is 17.8 Å². The van der Waals surface area contributed by atoms with Crippen molar-refractivity contribution in [3.8, 4) is 0 Å². The topological polar surface area (TPSA) is 89.7 Å². The molecule has 1 fully saturated rings. The van der Waals surface area contributed by atoms with E-state index in [1.165, 1.54) is 5.56 Å². The molecule has 0 spiro atoms. The standard InChI is InChI=1S/C23H35NO5/c1-15(2)13-19(24(27)28)21(25)22(26)29-20-14-16(3)11-12-18(20)23(4,5)17-9-7-6-8-10-17/h6-10,15-16,18-21,25H,11-14H2,1-5H3/t16-,18-,19-,20-,21+/m1/s1. The molecule has 0 saturated heterocycles. The smallest absolute Gasteiger partial charge is 0.342 e. The highest BCUT2D eigenvalue weighted by Gasteiger charge is 2.44. The highest BCUT2D eigenvalue weighted by molar-refractivity contribution is 5.75. The van der Waals surface area contributed by atoms with Gasteiger partial charge in [0, 0.05) is 17.3 Å². The Morgan fingerprint density at radius 2 is 1.90 bits per heavy atom. The van der Waals surface area contributed by atoms with Gasteiger partial charge < -0.3 is 9.84 Å². The summed E-state index contributed by atoms with van der Waals surface area (Å²) in [7, 11) is 0. The van der Waals surface area contributed by atoms with Crippen LogP contribution in [-0.2, 0) is 14.9 Å². The van der Waals surface area contributed by atoms with E-state index in [2.05, 4.69) is 32.9 Å². The van der Waals surface area contributed by atoms with E-state index in [0.717, 1.165) is 12.8 Å². The highest BCUT2D eigenvalue weighted by atomic mass is 16.6. The first-order valence-electron chi connectivity index (χ1n) is 10.6. The van der Waals surface area contributed by atoms with Gasteiger partial charge in [-0.3, -0.25) is 10.1 Å². The summed E-state index contributed by atoms with van der Waals surface area (Å²) >= 11 is 0. The normalized spacial score (nSPS) is 24.7. The van der Waals surface area contributed by atoms with Gasteiger partial charge in [0.15, 0.2) is 0 Å². The molecular formula is C23H35NO5. The second-order valence-electron chi connectivity index (χ2n) is 9.51.